The fraction of sp³-hybridized carbons (Fsp3) is 0.267. The number of likely N-dealkylation sites (N-methyl/N-ethyl adjacent to an activating group) is 2. The van der Waals surface area contributed by atoms with Crippen LogP contribution >= 0.6 is 0 Å². The normalized spacial score (nSPS) is 11.4. The number of aromatic nitrogens is 2. The summed E-state index contributed by atoms with van der Waals surface area (Å²) in [6.45, 7) is 4.73. The summed E-state index contributed by atoms with van der Waals surface area (Å²) < 4.78 is 0. The van der Waals surface area contributed by atoms with Gasteiger partial charge in [0.1, 0.15) is 17.4 Å². The molecule has 0 bridgehead atoms. The van der Waals surface area contributed by atoms with Gasteiger partial charge in [0, 0.05) is 55.0 Å². The van der Waals surface area contributed by atoms with Gasteiger partial charge in [-0.05, 0) is 62.9 Å². The van der Waals surface area contributed by atoms with Crippen molar-refractivity contribution >= 4 is 52.5 Å². The molecule has 0 saturated heterocycles. The van der Waals surface area contributed by atoms with Gasteiger partial charge < -0.3 is 37.2 Å². The van der Waals surface area contributed by atoms with E-state index in [1.807, 2.05) is 6.92 Å². The molecular formula is C30H37N9O4. The number of benzene rings is 2. The van der Waals surface area contributed by atoms with Crippen molar-refractivity contribution in [3.63, 3.8) is 0 Å². The van der Waals surface area contributed by atoms with Crippen LogP contribution < -0.4 is 32.3 Å². The van der Waals surface area contributed by atoms with Gasteiger partial charge >= 0.3 is 0 Å². The molecule has 43 heavy (non-hydrogen) atoms. The maximum Gasteiger partial charge on any atom is 0.260 e. The Morgan fingerprint density at radius 2 is 1.72 bits per heavy atom. The highest BCUT2D eigenvalue weighted by molar-refractivity contribution is 6.08. The molecule has 0 unspecified atom stereocenters. The van der Waals surface area contributed by atoms with Crippen molar-refractivity contribution in [1.82, 2.24) is 20.2 Å². The molecule has 7 N–H and O–H groups in total. The van der Waals surface area contributed by atoms with E-state index in [1.165, 1.54) is 17.2 Å². The molecule has 1 atom stereocenters. The van der Waals surface area contributed by atoms with Gasteiger partial charge in [0.05, 0.1) is 0 Å². The van der Waals surface area contributed by atoms with Crippen LogP contribution in [0.25, 0.3) is 0 Å². The number of anilines is 5. The maximum absolute atomic E-state index is 13.2. The summed E-state index contributed by atoms with van der Waals surface area (Å²) in [7, 11) is 3.33. The monoisotopic (exact) mass is 587 g/mol. The van der Waals surface area contributed by atoms with E-state index in [0.717, 1.165) is 6.42 Å². The summed E-state index contributed by atoms with van der Waals surface area (Å²) in [5, 5.41) is 14.7. The predicted octanol–water partition coefficient (Wildman–Crippen LogP) is 2.95. The summed E-state index contributed by atoms with van der Waals surface area (Å²) in [6.07, 6.45) is 5.30. The lowest BCUT2D eigenvalue weighted by molar-refractivity contribution is -0.132. The van der Waals surface area contributed by atoms with E-state index in [0.29, 0.717) is 41.5 Å². The van der Waals surface area contributed by atoms with Crippen molar-refractivity contribution in [1.29, 1.82) is 0 Å². The smallest absolute Gasteiger partial charge is 0.260 e. The minimum atomic E-state index is -0.734. The van der Waals surface area contributed by atoms with E-state index in [-0.39, 0.29) is 23.3 Å². The van der Waals surface area contributed by atoms with Crippen LogP contribution in [-0.2, 0) is 9.59 Å². The second-order valence-corrected chi connectivity index (χ2v) is 9.56. The highest BCUT2D eigenvalue weighted by Gasteiger charge is 2.21. The second-order valence-electron chi connectivity index (χ2n) is 9.56. The van der Waals surface area contributed by atoms with Crippen LogP contribution in [0.5, 0.6) is 0 Å². The van der Waals surface area contributed by atoms with Gasteiger partial charge in [-0.2, -0.15) is 4.98 Å². The third-order valence-electron chi connectivity index (χ3n) is 6.28. The van der Waals surface area contributed by atoms with Crippen molar-refractivity contribution in [3.8, 4) is 0 Å². The summed E-state index contributed by atoms with van der Waals surface area (Å²) in [5.74, 6) is -1.07. The third kappa shape index (κ3) is 9.36. The van der Waals surface area contributed by atoms with Gasteiger partial charge in [-0.3, -0.25) is 19.2 Å². The standard InChI is InChI=1S/C30H37N9O4/c1-5-15-33-27-24(18-34-30(38-27)37-21-13-11-20(12-14-21)26(31)41)29(43)36-23-9-6-8-22(17-23)35-28(42)19(2)39(4)25(40)10-7-16-32-3/h6-14,17-19,32H,5,15-16H2,1-4H3,(H2,31,41)(H,35,42)(H,36,43)(H2,33,34,37,38)/t19-/m0/s1. The molecule has 13 nitrogen and oxygen atoms in total. The summed E-state index contributed by atoms with van der Waals surface area (Å²) >= 11 is 0. The molecule has 1 heterocycles. The quantitative estimate of drug-likeness (QED) is 0.154. The lowest BCUT2D eigenvalue weighted by Crippen LogP contribution is -2.42. The first kappa shape index (κ1) is 32.2. The highest BCUT2D eigenvalue weighted by Crippen LogP contribution is 2.21. The Balaban J connectivity index is 1.70. The Kier molecular flexibility index (Phi) is 11.7. The lowest BCUT2D eigenvalue weighted by atomic mass is 10.2. The first-order chi connectivity index (χ1) is 20.6. The van der Waals surface area contributed by atoms with Crippen LogP contribution in [0.4, 0.5) is 28.8 Å². The molecule has 226 valence electrons. The zero-order chi connectivity index (χ0) is 31.4. The van der Waals surface area contributed by atoms with E-state index < -0.39 is 17.9 Å². The number of hydrogen-bond donors (Lipinski definition) is 6. The van der Waals surface area contributed by atoms with Crippen LogP contribution in [-0.4, -0.2) is 71.7 Å². The maximum atomic E-state index is 13.2. The molecule has 3 rings (SSSR count). The fourth-order valence-electron chi connectivity index (χ4n) is 3.72. The number of amides is 4. The second kappa shape index (κ2) is 15.6. The molecule has 4 amide bonds. The van der Waals surface area contributed by atoms with Crippen LogP contribution in [0.15, 0.2) is 66.9 Å². The number of carbonyl (C=O) groups excluding carboxylic acids is 4. The Morgan fingerprint density at radius 1 is 1.02 bits per heavy atom. The van der Waals surface area contributed by atoms with Crippen molar-refractivity contribution in [2.75, 3.05) is 48.5 Å². The number of nitrogens with two attached hydrogens (primary N) is 1. The van der Waals surface area contributed by atoms with Gasteiger partial charge in [-0.25, -0.2) is 4.98 Å². The van der Waals surface area contributed by atoms with Crippen LogP contribution in [0.2, 0.25) is 0 Å². The Labute approximate surface area is 250 Å². The molecule has 0 spiro atoms. The topological polar surface area (TPSA) is 183 Å². The van der Waals surface area contributed by atoms with Crippen LogP contribution in [0, 0.1) is 0 Å². The van der Waals surface area contributed by atoms with Gasteiger partial charge in [0.15, 0.2) is 0 Å². The van der Waals surface area contributed by atoms with Crippen molar-refractivity contribution in [2.24, 2.45) is 5.73 Å². The average molecular weight is 588 g/mol. The molecular weight excluding hydrogens is 550 g/mol. The molecule has 0 fully saturated rings. The van der Waals surface area contributed by atoms with Gasteiger partial charge in [0.2, 0.25) is 23.7 Å². The molecule has 3 aromatic rings. The lowest BCUT2D eigenvalue weighted by Gasteiger charge is -2.23. The van der Waals surface area contributed by atoms with Crippen molar-refractivity contribution in [3.05, 3.63) is 78.0 Å². The van der Waals surface area contributed by atoms with E-state index >= 15 is 0 Å². The largest absolute Gasteiger partial charge is 0.369 e. The predicted molar refractivity (Wildman–Crippen MR) is 167 cm³/mol. The Hall–Kier alpha value is -5.30. The van der Waals surface area contributed by atoms with Gasteiger partial charge in [0.25, 0.3) is 5.91 Å². The zero-order valence-corrected chi connectivity index (χ0v) is 24.6. The first-order valence-electron chi connectivity index (χ1n) is 13.7. The summed E-state index contributed by atoms with van der Waals surface area (Å²) in [4.78, 5) is 59.8. The van der Waals surface area contributed by atoms with Gasteiger partial charge in [-0.15, -0.1) is 0 Å². The van der Waals surface area contributed by atoms with Crippen LogP contribution in [0.1, 0.15) is 41.0 Å². The van der Waals surface area contributed by atoms with E-state index in [1.54, 1.807) is 75.6 Å². The number of rotatable bonds is 14. The number of hydrogen-bond acceptors (Lipinski definition) is 9. The highest BCUT2D eigenvalue weighted by atomic mass is 16.2. The average Bonchev–Trinajstić information content (AvgIpc) is 2.99. The zero-order valence-electron chi connectivity index (χ0n) is 24.6. The number of nitrogens with one attached hydrogen (secondary N) is 5. The first-order valence-corrected chi connectivity index (χ1v) is 13.7. The third-order valence-corrected chi connectivity index (χ3v) is 6.28. The molecule has 1 aromatic heterocycles. The molecule has 13 heteroatoms. The molecule has 2 aromatic carbocycles. The van der Waals surface area contributed by atoms with E-state index in [4.69, 9.17) is 5.73 Å². The number of nitrogens with zero attached hydrogens (tertiary/aromatic N) is 3. The minimum Gasteiger partial charge on any atom is -0.369 e. The van der Waals surface area contributed by atoms with E-state index in [9.17, 15) is 19.2 Å². The Bertz CT molecular complexity index is 1470. The van der Waals surface area contributed by atoms with E-state index in [2.05, 4.69) is 36.6 Å². The molecule has 0 saturated carbocycles. The Morgan fingerprint density at radius 3 is 2.37 bits per heavy atom. The minimum absolute atomic E-state index is 0.220. The molecule has 0 aliphatic heterocycles. The van der Waals surface area contributed by atoms with Crippen molar-refractivity contribution < 1.29 is 19.2 Å². The van der Waals surface area contributed by atoms with Crippen LogP contribution in [0.3, 0.4) is 0 Å². The fourth-order valence-corrected chi connectivity index (χ4v) is 3.72. The van der Waals surface area contributed by atoms with Gasteiger partial charge in [-0.1, -0.05) is 19.1 Å². The molecule has 0 aliphatic carbocycles. The SMILES string of the molecule is CCCNc1nc(Nc2ccc(C(N)=O)cc2)ncc1C(=O)Nc1cccc(NC(=O)[C@H](C)N(C)C(=O)C=CCNC)c1. The molecule has 0 aliphatic rings. The summed E-state index contributed by atoms with van der Waals surface area (Å²) in [6, 6.07) is 12.5. The van der Waals surface area contributed by atoms with Crippen molar-refractivity contribution in [2.45, 2.75) is 26.3 Å². The molecule has 0 radical (unpaired) electrons. The number of carbonyl (C=O) groups is 4. The number of primary amides is 1. The summed E-state index contributed by atoms with van der Waals surface area (Å²) in [5.41, 5.74) is 7.41.